The Balaban J connectivity index is 4.86. The van der Waals surface area contributed by atoms with E-state index in [1.54, 1.807) is 0 Å². The molecular formula is C34H70NO2+. The summed E-state index contributed by atoms with van der Waals surface area (Å²) in [5.74, 6) is -0.524. The number of rotatable bonds is 30. The number of quaternary nitrogens is 1. The molecule has 1 unspecified atom stereocenters. The second-order valence-electron chi connectivity index (χ2n) is 12.1. The maximum atomic E-state index is 12.7. The van der Waals surface area contributed by atoms with Gasteiger partial charge >= 0.3 is 5.97 Å². The number of unbranched alkanes of at least 4 members (excludes halogenated alkanes) is 20. The van der Waals surface area contributed by atoms with Crippen LogP contribution in [0.15, 0.2) is 0 Å². The van der Waals surface area contributed by atoms with Crippen LogP contribution in [0.5, 0.6) is 0 Å². The topological polar surface area (TPSA) is 37.3 Å². The van der Waals surface area contributed by atoms with Gasteiger partial charge in [0.25, 0.3) is 0 Å². The van der Waals surface area contributed by atoms with Gasteiger partial charge in [0.2, 0.25) is 0 Å². The summed E-state index contributed by atoms with van der Waals surface area (Å²) in [6, 6.07) is -0.201. The van der Waals surface area contributed by atoms with Crippen molar-refractivity contribution in [2.24, 2.45) is 0 Å². The quantitative estimate of drug-likeness (QED) is 0.0749. The third kappa shape index (κ3) is 20.1. The first-order chi connectivity index (χ1) is 18.1. The van der Waals surface area contributed by atoms with Crippen LogP contribution in [0, 0.1) is 0 Å². The Bertz CT molecular complexity index is 447. The zero-order valence-electron chi connectivity index (χ0n) is 26.2. The number of carboxylic acids is 1. The number of aliphatic carboxylic acids is 1. The lowest BCUT2D eigenvalue weighted by Crippen LogP contribution is -2.60. The summed E-state index contributed by atoms with van der Waals surface area (Å²) in [5.41, 5.74) is 0. The predicted molar refractivity (Wildman–Crippen MR) is 164 cm³/mol. The molecule has 0 radical (unpaired) electrons. The first-order valence-electron chi connectivity index (χ1n) is 17.2. The fraction of sp³-hybridized carbons (Fsp3) is 0.971. The Labute approximate surface area is 234 Å². The Morgan fingerprint density at radius 2 is 0.730 bits per heavy atom. The van der Waals surface area contributed by atoms with Gasteiger partial charge in [-0.2, -0.15) is 0 Å². The standard InChI is InChI=1S/C34H69NO2/c1-5-9-13-17-18-19-20-21-22-23-24-25-29-33(34(36)37)35(30-26-14-10-6-2,31-27-15-11-7-3)32-28-16-12-8-4/h33H,5-32H2,1-4H3/p+1. The number of hydrogen-bond acceptors (Lipinski definition) is 1. The third-order valence-electron chi connectivity index (χ3n) is 8.65. The molecule has 0 aliphatic heterocycles. The minimum Gasteiger partial charge on any atom is -0.477 e. The lowest BCUT2D eigenvalue weighted by molar-refractivity contribution is -0.944. The van der Waals surface area contributed by atoms with E-state index in [-0.39, 0.29) is 6.04 Å². The highest BCUT2D eigenvalue weighted by molar-refractivity contribution is 5.72. The van der Waals surface area contributed by atoms with Gasteiger partial charge < -0.3 is 9.59 Å². The number of nitrogens with zero attached hydrogens (tertiary/aromatic N) is 1. The maximum Gasteiger partial charge on any atom is 0.362 e. The van der Waals surface area contributed by atoms with Gasteiger partial charge in [-0.05, 0) is 44.9 Å². The molecule has 0 spiro atoms. The summed E-state index contributed by atoms with van der Waals surface area (Å²) < 4.78 is 0.866. The number of carbonyl (C=O) groups is 1. The molecule has 0 saturated heterocycles. The molecule has 1 N–H and O–H groups in total. The van der Waals surface area contributed by atoms with Gasteiger partial charge in [-0.3, -0.25) is 0 Å². The molecule has 0 aliphatic rings. The average molecular weight is 525 g/mol. The molecule has 3 nitrogen and oxygen atoms in total. The molecule has 0 rings (SSSR count). The molecule has 0 bridgehead atoms. The van der Waals surface area contributed by atoms with Crippen molar-refractivity contribution in [2.75, 3.05) is 19.6 Å². The van der Waals surface area contributed by atoms with Crippen molar-refractivity contribution in [2.45, 2.75) is 194 Å². The first kappa shape index (κ1) is 36.4. The van der Waals surface area contributed by atoms with E-state index in [4.69, 9.17) is 0 Å². The van der Waals surface area contributed by atoms with Gasteiger partial charge in [0.15, 0.2) is 6.04 Å². The Morgan fingerprint density at radius 1 is 0.459 bits per heavy atom. The van der Waals surface area contributed by atoms with Gasteiger partial charge in [-0.15, -0.1) is 0 Å². The van der Waals surface area contributed by atoms with E-state index in [1.165, 1.54) is 148 Å². The van der Waals surface area contributed by atoms with Crippen molar-refractivity contribution in [3.8, 4) is 0 Å². The van der Waals surface area contributed by atoms with Crippen LogP contribution in [-0.4, -0.2) is 41.2 Å². The van der Waals surface area contributed by atoms with Gasteiger partial charge in [0.1, 0.15) is 0 Å². The molecule has 3 heteroatoms. The lowest BCUT2D eigenvalue weighted by Gasteiger charge is -2.44. The molecule has 0 amide bonds. The molecular weight excluding hydrogens is 454 g/mol. The van der Waals surface area contributed by atoms with E-state index in [0.717, 1.165) is 37.0 Å². The van der Waals surface area contributed by atoms with Gasteiger partial charge in [-0.25, -0.2) is 4.79 Å². The highest BCUT2D eigenvalue weighted by Gasteiger charge is 2.40. The molecule has 0 aromatic rings. The largest absolute Gasteiger partial charge is 0.477 e. The van der Waals surface area contributed by atoms with Crippen LogP contribution in [0.1, 0.15) is 188 Å². The number of carboxylic acid groups (broad SMARTS) is 1. The molecule has 1 atom stereocenters. The van der Waals surface area contributed by atoms with E-state index in [2.05, 4.69) is 27.7 Å². The zero-order valence-corrected chi connectivity index (χ0v) is 26.2. The predicted octanol–water partition coefficient (Wildman–Crippen LogP) is 11.1. The molecule has 0 heterocycles. The molecule has 0 fully saturated rings. The van der Waals surface area contributed by atoms with Gasteiger partial charge in [0.05, 0.1) is 19.6 Å². The molecule has 0 aliphatic carbocycles. The van der Waals surface area contributed by atoms with Crippen LogP contribution >= 0.6 is 0 Å². The fourth-order valence-corrected chi connectivity index (χ4v) is 6.17. The highest BCUT2D eigenvalue weighted by atomic mass is 16.4. The fourth-order valence-electron chi connectivity index (χ4n) is 6.17. The lowest BCUT2D eigenvalue weighted by atomic mass is 9.98. The Kier molecular flexibility index (Phi) is 26.6. The van der Waals surface area contributed by atoms with Crippen molar-refractivity contribution in [3.63, 3.8) is 0 Å². The zero-order chi connectivity index (χ0) is 27.5. The van der Waals surface area contributed by atoms with E-state index < -0.39 is 5.97 Å². The summed E-state index contributed by atoms with van der Waals surface area (Å²) in [7, 11) is 0. The normalized spacial score (nSPS) is 12.8. The third-order valence-corrected chi connectivity index (χ3v) is 8.65. The van der Waals surface area contributed by atoms with E-state index >= 15 is 0 Å². The van der Waals surface area contributed by atoms with E-state index in [0.29, 0.717) is 0 Å². The summed E-state index contributed by atoms with van der Waals surface area (Å²) >= 11 is 0. The van der Waals surface area contributed by atoms with Gasteiger partial charge in [-0.1, -0.05) is 137 Å². The van der Waals surface area contributed by atoms with Crippen molar-refractivity contribution in [1.29, 1.82) is 0 Å². The van der Waals surface area contributed by atoms with Crippen LogP contribution in [0.4, 0.5) is 0 Å². The summed E-state index contributed by atoms with van der Waals surface area (Å²) in [6.07, 6.45) is 31.8. The van der Waals surface area contributed by atoms with Crippen LogP contribution in [0.3, 0.4) is 0 Å². The first-order valence-corrected chi connectivity index (χ1v) is 17.2. The Morgan fingerprint density at radius 3 is 1.03 bits per heavy atom. The monoisotopic (exact) mass is 525 g/mol. The summed E-state index contributed by atoms with van der Waals surface area (Å²) in [5, 5.41) is 10.5. The van der Waals surface area contributed by atoms with Crippen LogP contribution in [0.25, 0.3) is 0 Å². The molecule has 37 heavy (non-hydrogen) atoms. The second kappa shape index (κ2) is 27.0. The van der Waals surface area contributed by atoms with E-state index in [1.807, 2.05) is 0 Å². The molecule has 0 saturated carbocycles. The van der Waals surface area contributed by atoms with Crippen LogP contribution < -0.4 is 0 Å². The molecule has 222 valence electrons. The average Bonchev–Trinajstić information content (AvgIpc) is 2.89. The van der Waals surface area contributed by atoms with Gasteiger partial charge in [0, 0.05) is 6.42 Å². The minimum absolute atomic E-state index is 0.201. The second-order valence-corrected chi connectivity index (χ2v) is 12.1. The minimum atomic E-state index is -0.524. The maximum absolute atomic E-state index is 12.7. The highest BCUT2D eigenvalue weighted by Crippen LogP contribution is 2.26. The summed E-state index contributed by atoms with van der Waals surface area (Å²) in [6.45, 7) is 12.3. The molecule has 0 aromatic heterocycles. The van der Waals surface area contributed by atoms with Crippen molar-refractivity contribution < 1.29 is 14.4 Å². The summed E-state index contributed by atoms with van der Waals surface area (Å²) in [4.78, 5) is 12.7. The smallest absolute Gasteiger partial charge is 0.362 e. The Hall–Kier alpha value is -0.570. The van der Waals surface area contributed by atoms with E-state index in [9.17, 15) is 9.90 Å². The van der Waals surface area contributed by atoms with Crippen molar-refractivity contribution >= 4 is 5.97 Å². The van der Waals surface area contributed by atoms with Crippen molar-refractivity contribution in [3.05, 3.63) is 0 Å². The molecule has 0 aromatic carbocycles. The van der Waals surface area contributed by atoms with Crippen LogP contribution in [0.2, 0.25) is 0 Å². The SMILES string of the molecule is CCCCCCCCCCCCCCC(C(=O)O)[N+](CCCCCC)(CCCCCC)CCCCCC. The van der Waals surface area contributed by atoms with Crippen LogP contribution in [-0.2, 0) is 4.79 Å². The van der Waals surface area contributed by atoms with Crippen molar-refractivity contribution in [1.82, 2.24) is 0 Å². The number of hydrogen-bond donors (Lipinski definition) is 1.